The van der Waals surface area contributed by atoms with E-state index in [-0.39, 0.29) is 5.91 Å². The second-order valence-electron chi connectivity index (χ2n) is 4.67. The van der Waals surface area contributed by atoms with E-state index in [4.69, 9.17) is 4.74 Å². The summed E-state index contributed by atoms with van der Waals surface area (Å²) >= 11 is 0. The number of nitrogens with one attached hydrogen (secondary N) is 1. The predicted octanol–water partition coefficient (Wildman–Crippen LogP) is 2.70. The third-order valence-electron chi connectivity index (χ3n) is 2.87. The average Bonchev–Trinajstić information content (AvgIpc) is 2.29. The van der Waals surface area contributed by atoms with E-state index in [1.807, 2.05) is 26.0 Å². The van der Waals surface area contributed by atoms with Crippen LogP contribution in [0.1, 0.15) is 35.3 Å². The number of hydrogen-bond donors (Lipinski definition) is 1. The highest BCUT2D eigenvalue weighted by Crippen LogP contribution is 2.23. The van der Waals surface area contributed by atoms with Gasteiger partial charge in [-0.05, 0) is 43.0 Å². The minimum atomic E-state index is -0.0121. The molecule has 0 fully saturated rings. The lowest BCUT2D eigenvalue weighted by molar-refractivity contribution is 0.0948. The summed E-state index contributed by atoms with van der Waals surface area (Å²) in [5.41, 5.74) is 2.72. The normalized spacial score (nSPS) is 10.5. The van der Waals surface area contributed by atoms with Crippen molar-refractivity contribution in [2.24, 2.45) is 5.92 Å². The molecule has 0 radical (unpaired) electrons. The van der Waals surface area contributed by atoms with Crippen LogP contribution in [0.15, 0.2) is 12.1 Å². The molecule has 1 rings (SSSR count). The SMILES string of the molecule is COc1ccc(C(=O)NCC(C)C)c(C)c1C. The number of carbonyl (C=O) groups excluding carboxylic acids is 1. The fourth-order valence-electron chi connectivity index (χ4n) is 1.65. The van der Waals surface area contributed by atoms with Gasteiger partial charge in [-0.3, -0.25) is 4.79 Å². The van der Waals surface area contributed by atoms with E-state index >= 15 is 0 Å². The topological polar surface area (TPSA) is 38.3 Å². The van der Waals surface area contributed by atoms with Gasteiger partial charge in [-0.15, -0.1) is 0 Å². The lowest BCUT2D eigenvalue weighted by Crippen LogP contribution is -2.28. The summed E-state index contributed by atoms with van der Waals surface area (Å²) < 4.78 is 5.23. The fourth-order valence-corrected chi connectivity index (χ4v) is 1.65. The van der Waals surface area contributed by atoms with Crippen LogP contribution in [0.2, 0.25) is 0 Å². The number of hydrogen-bond acceptors (Lipinski definition) is 2. The van der Waals surface area contributed by atoms with Crippen molar-refractivity contribution in [3.8, 4) is 5.75 Å². The van der Waals surface area contributed by atoms with Crippen LogP contribution in [0.5, 0.6) is 5.75 Å². The summed E-state index contributed by atoms with van der Waals surface area (Å²) in [6, 6.07) is 3.66. The average molecular weight is 235 g/mol. The minimum Gasteiger partial charge on any atom is -0.496 e. The predicted molar refractivity (Wildman–Crippen MR) is 69.6 cm³/mol. The van der Waals surface area contributed by atoms with E-state index < -0.39 is 0 Å². The molecule has 0 atom stereocenters. The van der Waals surface area contributed by atoms with Gasteiger partial charge in [0.25, 0.3) is 5.91 Å². The van der Waals surface area contributed by atoms with Crippen LogP contribution >= 0.6 is 0 Å². The van der Waals surface area contributed by atoms with Crippen LogP contribution in [-0.2, 0) is 0 Å². The van der Waals surface area contributed by atoms with Gasteiger partial charge in [-0.2, -0.15) is 0 Å². The van der Waals surface area contributed by atoms with Crippen molar-refractivity contribution >= 4 is 5.91 Å². The summed E-state index contributed by atoms with van der Waals surface area (Å²) in [7, 11) is 1.64. The van der Waals surface area contributed by atoms with Crippen molar-refractivity contribution in [1.29, 1.82) is 0 Å². The molecule has 0 aliphatic carbocycles. The van der Waals surface area contributed by atoms with Gasteiger partial charge in [-0.1, -0.05) is 13.8 Å². The van der Waals surface area contributed by atoms with Crippen molar-refractivity contribution in [2.45, 2.75) is 27.7 Å². The zero-order valence-corrected chi connectivity index (χ0v) is 11.3. The number of rotatable bonds is 4. The van der Waals surface area contributed by atoms with Crippen molar-refractivity contribution in [1.82, 2.24) is 5.32 Å². The van der Waals surface area contributed by atoms with E-state index in [0.29, 0.717) is 12.5 Å². The van der Waals surface area contributed by atoms with Crippen molar-refractivity contribution < 1.29 is 9.53 Å². The Hall–Kier alpha value is -1.51. The first kappa shape index (κ1) is 13.6. The molecular formula is C14H21NO2. The minimum absolute atomic E-state index is 0.0121. The highest BCUT2D eigenvalue weighted by atomic mass is 16.5. The van der Waals surface area contributed by atoms with Gasteiger partial charge < -0.3 is 10.1 Å². The molecule has 0 bridgehead atoms. The molecule has 3 nitrogen and oxygen atoms in total. The molecule has 3 heteroatoms. The highest BCUT2D eigenvalue weighted by molar-refractivity contribution is 5.96. The number of methoxy groups -OCH3 is 1. The molecule has 94 valence electrons. The quantitative estimate of drug-likeness (QED) is 0.871. The van der Waals surface area contributed by atoms with Gasteiger partial charge in [0, 0.05) is 12.1 Å². The Morgan fingerprint density at radius 1 is 1.29 bits per heavy atom. The molecule has 1 aromatic rings. The van der Waals surface area contributed by atoms with E-state index in [0.717, 1.165) is 22.4 Å². The summed E-state index contributed by atoms with van der Waals surface area (Å²) in [4.78, 5) is 12.0. The van der Waals surface area contributed by atoms with Crippen LogP contribution < -0.4 is 10.1 Å². The molecule has 17 heavy (non-hydrogen) atoms. The standard InChI is InChI=1S/C14H21NO2/c1-9(2)8-15-14(16)12-6-7-13(17-5)11(4)10(12)3/h6-7,9H,8H2,1-5H3,(H,15,16). The molecule has 0 spiro atoms. The zero-order chi connectivity index (χ0) is 13.0. The molecule has 0 aliphatic heterocycles. The number of ether oxygens (including phenoxy) is 1. The Balaban J connectivity index is 2.92. The van der Waals surface area contributed by atoms with Crippen molar-refractivity contribution in [3.05, 3.63) is 28.8 Å². The first-order valence-corrected chi connectivity index (χ1v) is 5.89. The maximum absolute atomic E-state index is 12.0. The van der Waals surface area contributed by atoms with Gasteiger partial charge >= 0.3 is 0 Å². The number of carbonyl (C=O) groups is 1. The summed E-state index contributed by atoms with van der Waals surface area (Å²) in [6.45, 7) is 8.76. The first-order valence-electron chi connectivity index (χ1n) is 5.89. The van der Waals surface area contributed by atoms with Crippen LogP contribution in [0.3, 0.4) is 0 Å². The van der Waals surface area contributed by atoms with Gasteiger partial charge in [0.05, 0.1) is 7.11 Å². The fraction of sp³-hybridized carbons (Fsp3) is 0.500. The first-order chi connectivity index (χ1) is 7.97. The molecule has 0 unspecified atom stereocenters. The Morgan fingerprint density at radius 2 is 1.94 bits per heavy atom. The Labute approximate surface area is 103 Å². The molecular weight excluding hydrogens is 214 g/mol. The van der Waals surface area contributed by atoms with E-state index in [9.17, 15) is 4.79 Å². The second-order valence-corrected chi connectivity index (χ2v) is 4.67. The molecule has 0 heterocycles. The van der Waals surface area contributed by atoms with Gasteiger partial charge in [0.1, 0.15) is 5.75 Å². The Kier molecular flexibility index (Phi) is 4.55. The zero-order valence-electron chi connectivity index (χ0n) is 11.3. The molecule has 0 saturated carbocycles. The molecule has 1 amide bonds. The van der Waals surface area contributed by atoms with E-state index in [2.05, 4.69) is 19.2 Å². The second kappa shape index (κ2) is 5.71. The number of amides is 1. The third-order valence-corrected chi connectivity index (χ3v) is 2.87. The van der Waals surface area contributed by atoms with Gasteiger partial charge in [0.2, 0.25) is 0 Å². The summed E-state index contributed by atoms with van der Waals surface area (Å²) in [5, 5.41) is 2.92. The maximum Gasteiger partial charge on any atom is 0.251 e. The summed E-state index contributed by atoms with van der Waals surface area (Å²) in [5.74, 6) is 1.27. The van der Waals surface area contributed by atoms with Gasteiger partial charge in [0.15, 0.2) is 0 Å². The van der Waals surface area contributed by atoms with E-state index in [1.54, 1.807) is 7.11 Å². The lowest BCUT2D eigenvalue weighted by Gasteiger charge is -2.13. The Bertz CT molecular complexity index is 411. The molecule has 1 N–H and O–H groups in total. The van der Waals surface area contributed by atoms with Crippen molar-refractivity contribution in [3.63, 3.8) is 0 Å². The largest absolute Gasteiger partial charge is 0.496 e. The van der Waals surface area contributed by atoms with Crippen LogP contribution in [0.4, 0.5) is 0 Å². The highest BCUT2D eigenvalue weighted by Gasteiger charge is 2.13. The van der Waals surface area contributed by atoms with Crippen molar-refractivity contribution in [2.75, 3.05) is 13.7 Å². The Morgan fingerprint density at radius 3 is 2.47 bits per heavy atom. The molecule has 1 aromatic carbocycles. The molecule has 0 aliphatic rings. The lowest BCUT2D eigenvalue weighted by atomic mass is 10.0. The molecule has 0 aromatic heterocycles. The van der Waals surface area contributed by atoms with Crippen LogP contribution in [-0.4, -0.2) is 19.6 Å². The molecule has 0 saturated heterocycles. The number of benzene rings is 1. The third kappa shape index (κ3) is 3.22. The smallest absolute Gasteiger partial charge is 0.251 e. The monoisotopic (exact) mass is 235 g/mol. The summed E-state index contributed by atoms with van der Waals surface area (Å²) in [6.07, 6.45) is 0. The van der Waals surface area contributed by atoms with Crippen LogP contribution in [0, 0.1) is 19.8 Å². The van der Waals surface area contributed by atoms with E-state index in [1.165, 1.54) is 0 Å². The maximum atomic E-state index is 12.0. The van der Waals surface area contributed by atoms with Gasteiger partial charge in [-0.25, -0.2) is 0 Å². The van der Waals surface area contributed by atoms with Crippen LogP contribution in [0.25, 0.3) is 0 Å².